The van der Waals surface area contributed by atoms with Crippen LogP contribution >= 0.6 is 0 Å². The molecule has 0 aliphatic heterocycles. The van der Waals surface area contributed by atoms with Crippen molar-refractivity contribution in [3.05, 3.63) is 30.3 Å². The fourth-order valence-corrected chi connectivity index (χ4v) is 1.57. The molecule has 0 spiro atoms. The Morgan fingerprint density at radius 2 is 1.94 bits per heavy atom. The summed E-state index contributed by atoms with van der Waals surface area (Å²) in [5, 5.41) is 11.8. The molecule has 100 valence electrons. The van der Waals surface area contributed by atoms with Gasteiger partial charge in [0.15, 0.2) is 0 Å². The summed E-state index contributed by atoms with van der Waals surface area (Å²) in [4.78, 5) is 13.7. The van der Waals surface area contributed by atoms with Crippen molar-refractivity contribution < 1.29 is 9.90 Å². The largest absolute Gasteiger partial charge is 0.395 e. The Kier molecular flexibility index (Phi) is 6.22. The molecular weight excluding hydrogens is 228 g/mol. The standard InChI is InChI=1S/C14H22N2O2/c1-12(2)8-9-16(10-11-17)14(18)15-13-6-4-3-5-7-13/h3-7,12,17H,8-11H2,1-2H3,(H,15,18). The predicted molar refractivity (Wildman–Crippen MR) is 73.6 cm³/mol. The molecule has 1 aromatic carbocycles. The van der Waals surface area contributed by atoms with Crippen LogP contribution in [0.15, 0.2) is 30.3 Å². The topological polar surface area (TPSA) is 52.6 Å². The van der Waals surface area contributed by atoms with E-state index >= 15 is 0 Å². The Morgan fingerprint density at radius 3 is 2.50 bits per heavy atom. The monoisotopic (exact) mass is 250 g/mol. The van der Waals surface area contributed by atoms with E-state index in [2.05, 4.69) is 19.2 Å². The molecule has 0 saturated carbocycles. The highest BCUT2D eigenvalue weighted by molar-refractivity contribution is 5.89. The molecule has 0 aromatic heterocycles. The van der Waals surface area contributed by atoms with Crippen molar-refractivity contribution in [2.45, 2.75) is 20.3 Å². The third kappa shape index (κ3) is 5.19. The van der Waals surface area contributed by atoms with Crippen LogP contribution in [0, 0.1) is 5.92 Å². The van der Waals surface area contributed by atoms with Crippen molar-refractivity contribution in [2.75, 3.05) is 25.0 Å². The van der Waals surface area contributed by atoms with Crippen molar-refractivity contribution in [2.24, 2.45) is 5.92 Å². The van der Waals surface area contributed by atoms with Gasteiger partial charge in [-0.15, -0.1) is 0 Å². The summed E-state index contributed by atoms with van der Waals surface area (Å²) in [7, 11) is 0. The summed E-state index contributed by atoms with van der Waals surface area (Å²) in [6, 6.07) is 9.19. The number of amides is 2. The lowest BCUT2D eigenvalue weighted by atomic mass is 10.1. The number of hydrogen-bond acceptors (Lipinski definition) is 2. The van der Waals surface area contributed by atoms with Crippen LogP contribution in [-0.2, 0) is 0 Å². The Labute approximate surface area is 109 Å². The second-order valence-corrected chi connectivity index (χ2v) is 4.69. The molecule has 0 aliphatic rings. The van der Waals surface area contributed by atoms with Gasteiger partial charge in [-0.05, 0) is 24.5 Å². The zero-order valence-corrected chi connectivity index (χ0v) is 11.1. The Balaban J connectivity index is 2.53. The molecule has 0 radical (unpaired) electrons. The average Bonchev–Trinajstić information content (AvgIpc) is 2.35. The minimum absolute atomic E-state index is 0.0136. The molecule has 0 atom stereocenters. The summed E-state index contributed by atoms with van der Waals surface area (Å²) in [5.41, 5.74) is 0.773. The Hall–Kier alpha value is -1.55. The third-order valence-corrected chi connectivity index (χ3v) is 2.66. The van der Waals surface area contributed by atoms with Crippen molar-refractivity contribution >= 4 is 11.7 Å². The van der Waals surface area contributed by atoms with Gasteiger partial charge >= 0.3 is 6.03 Å². The van der Waals surface area contributed by atoms with Crippen molar-refractivity contribution in [3.63, 3.8) is 0 Å². The van der Waals surface area contributed by atoms with Gasteiger partial charge in [0.1, 0.15) is 0 Å². The lowest BCUT2D eigenvalue weighted by Gasteiger charge is -2.23. The number of nitrogens with one attached hydrogen (secondary N) is 1. The molecule has 18 heavy (non-hydrogen) atoms. The lowest BCUT2D eigenvalue weighted by molar-refractivity contribution is 0.185. The summed E-state index contributed by atoms with van der Waals surface area (Å²) in [6.07, 6.45) is 0.933. The first kappa shape index (κ1) is 14.5. The molecule has 0 heterocycles. The number of hydrogen-bond donors (Lipinski definition) is 2. The first-order valence-electron chi connectivity index (χ1n) is 6.35. The normalized spacial score (nSPS) is 10.4. The Bertz CT molecular complexity index is 352. The zero-order valence-electron chi connectivity index (χ0n) is 11.1. The zero-order chi connectivity index (χ0) is 13.4. The Morgan fingerprint density at radius 1 is 1.28 bits per heavy atom. The molecule has 1 aromatic rings. The van der Waals surface area contributed by atoms with Gasteiger partial charge in [-0.25, -0.2) is 4.79 Å². The number of benzene rings is 1. The number of para-hydroxylation sites is 1. The molecule has 0 unspecified atom stereocenters. The molecule has 1 rings (SSSR count). The molecule has 0 aliphatic carbocycles. The summed E-state index contributed by atoms with van der Waals surface area (Å²) in [5.74, 6) is 0.538. The first-order chi connectivity index (χ1) is 8.63. The average molecular weight is 250 g/mol. The molecule has 2 amide bonds. The van der Waals surface area contributed by atoms with E-state index in [1.54, 1.807) is 4.90 Å². The summed E-state index contributed by atoms with van der Waals surface area (Å²) in [6.45, 7) is 5.25. The molecule has 0 fully saturated rings. The molecule has 4 nitrogen and oxygen atoms in total. The number of aliphatic hydroxyl groups is 1. The van der Waals surface area contributed by atoms with Crippen molar-refractivity contribution in [3.8, 4) is 0 Å². The number of urea groups is 1. The minimum atomic E-state index is -0.157. The van der Waals surface area contributed by atoms with Gasteiger partial charge in [-0.3, -0.25) is 0 Å². The van der Waals surface area contributed by atoms with Crippen LogP contribution in [-0.4, -0.2) is 35.7 Å². The van der Waals surface area contributed by atoms with E-state index in [1.165, 1.54) is 0 Å². The number of carbonyl (C=O) groups excluding carboxylic acids is 1. The smallest absolute Gasteiger partial charge is 0.321 e. The van der Waals surface area contributed by atoms with Gasteiger partial charge in [0.2, 0.25) is 0 Å². The van der Waals surface area contributed by atoms with E-state index in [4.69, 9.17) is 5.11 Å². The van der Waals surface area contributed by atoms with Crippen LogP contribution in [0.2, 0.25) is 0 Å². The van der Waals surface area contributed by atoms with Crippen LogP contribution in [0.5, 0.6) is 0 Å². The highest BCUT2D eigenvalue weighted by Gasteiger charge is 2.13. The van der Waals surface area contributed by atoms with Gasteiger partial charge in [-0.2, -0.15) is 0 Å². The van der Waals surface area contributed by atoms with E-state index < -0.39 is 0 Å². The molecule has 0 saturated heterocycles. The number of nitrogens with zero attached hydrogens (tertiary/aromatic N) is 1. The van der Waals surface area contributed by atoms with Crippen molar-refractivity contribution in [1.29, 1.82) is 0 Å². The SMILES string of the molecule is CC(C)CCN(CCO)C(=O)Nc1ccccc1. The van der Waals surface area contributed by atoms with E-state index in [0.29, 0.717) is 19.0 Å². The van der Waals surface area contributed by atoms with Gasteiger partial charge in [0.25, 0.3) is 0 Å². The highest BCUT2D eigenvalue weighted by Crippen LogP contribution is 2.08. The highest BCUT2D eigenvalue weighted by atomic mass is 16.3. The number of carbonyl (C=O) groups is 1. The van der Waals surface area contributed by atoms with Gasteiger partial charge in [0, 0.05) is 18.8 Å². The van der Waals surface area contributed by atoms with Gasteiger partial charge in [-0.1, -0.05) is 32.0 Å². The lowest BCUT2D eigenvalue weighted by Crippen LogP contribution is -2.38. The quantitative estimate of drug-likeness (QED) is 0.815. The van der Waals surface area contributed by atoms with E-state index in [0.717, 1.165) is 12.1 Å². The van der Waals surface area contributed by atoms with Gasteiger partial charge < -0.3 is 15.3 Å². The second kappa shape index (κ2) is 7.71. The van der Waals surface area contributed by atoms with Crippen LogP contribution in [0.25, 0.3) is 0 Å². The fourth-order valence-electron chi connectivity index (χ4n) is 1.57. The van der Waals surface area contributed by atoms with E-state index in [-0.39, 0.29) is 12.6 Å². The minimum Gasteiger partial charge on any atom is -0.395 e. The maximum absolute atomic E-state index is 12.0. The molecule has 4 heteroatoms. The van der Waals surface area contributed by atoms with Crippen LogP contribution in [0.1, 0.15) is 20.3 Å². The number of aliphatic hydroxyl groups excluding tert-OH is 1. The van der Waals surface area contributed by atoms with Crippen LogP contribution < -0.4 is 5.32 Å². The number of anilines is 1. The summed E-state index contributed by atoms with van der Waals surface area (Å²) >= 11 is 0. The molecular formula is C14H22N2O2. The van der Waals surface area contributed by atoms with Crippen LogP contribution in [0.4, 0.5) is 10.5 Å². The third-order valence-electron chi connectivity index (χ3n) is 2.66. The molecule has 2 N–H and O–H groups in total. The maximum Gasteiger partial charge on any atom is 0.321 e. The number of rotatable bonds is 6. The van der Waals surface area contributed by atoms with Crippen LogP contribution in [0.3, 0.4) is 0 Å². The fraction of sp³-hybridized carbons (Fsp3) is 0.500. The second-order valence-electron chi connectivity index (χ2n) is 4.69. The van der Waals surface area contributed by atoms with Gasteiger partial charge in [0.05, 0.1) is 6.61 Å². The molecule has 0 bridgehead atoms. The van der Waals surface area contributed by atoms with E-state index in [1.807, 2.05) is 30.3 Å². The first-order valence-corrected chi connectivity index (χ1v) is 6.35. The predicted octanol–water partition coefficient (Wildman–Crippen LogP) is 2.56. The van der Waals surface area contributed by atoms with E-state index in [9.17, 15) is 4.79 Å². The maximum atomic E-state index is 12.0. The summed E-state index contributed by atoms with van der Waals surface area (Å²) < 4.78 is 0. The van der Waals surface area contributed by atoms with Crippen molar-refractivity contribution in [1.82, 2.24) is 4.90 Å².